The third-order valence-corrected chi connectivity index (χ3v) is 3.36. The van der Waals surface area contributed by atoms with E-state index in [2.05, 4.69) is 15.0 Å². The average Bonchev–Trinajstić information content (AvgIpc) is 2.78. The Kier molecular flexibility index (Phi) is 3.73. The van der Waals surface area contributed by atoms with Crippen LogP contribution in [0, 0.1) is 19.1 Å². The Bertz CT molecular complexity index is 888. The minimum Gasteiger partial charge on any atom is -0.461 e. The second-order valence-electron chi connectivity index (χ2n) is 4.72. The molecule has 3 aromatic rings. The molecule has 0 N–H and O–H groups in total. The highest BCUT2D eigenvalue weighted by molar-refractivity contribution is 5.97. The quantitative estimate of drug-likeness (QED) is 0.694. The van der Waals surface area contributed by atoms with Gasteiger partial charge in [0.25, 0.3) is 0 Å². The van der Waals surface area contributed by atoms with Crippen molar-refractivity contribution in [2.45, 2.75) is 13.8 Å². The number of aromatic nitrogens is 4. The molecule has 0 amide bonds. The maximum absolute atomic E-state index is 13.3. The van der Waals surface area contributed by atoms with Crippen LogP contribution in [-0.4, -0.2) is 31.9 Å². The Hall–Kier alpha value is -2.90. The minimum absolute atomic E-state index is 0.174. The Morgan fingerprint density at radius 3 is 2.57 bits per heavy atom. The molecule has 0 spiro atoms. The van der Waals surface area contributed by atoms with Gasteiger partial charge in [0.1, 0.15) is 5.69 Å². The van der Waals surface area contributed by atoms with Crippen molar-refractivity contribution in [1.29, 1.82) is 0 Å². The molecule has 118 valence electrons. The summed E-state index contributed by atoms with van der Waals surface area (Å²) >= 11 is 0. The third-order valence-electron chi connectivity index (χ3n) is 3.36. The molecule has 0 aliphatic heterocycles. The summed E-state index contributed by atoms with van der Waals surface area (Å²) in [5, 5.41) is 0. The smallest absolute Gasteiger partial charge is 0.355 e. The van der Waals surface area contributed by atoms with Gasteiger partial charge in [0.2, 0.25) is 0 Å². The summed E-state index contributed by atoms with van der Waals surface area (Å²) < 4.78 is 33.3. The van der Waals surface area contributed by atoms with Gasteiger partial charge < -0.3 is 9.14 Å². The van der Waals surface area contributed by atoms with E-state index in [9.17, 15) is 13.6 Å². The second kappa shape index (κ2) is 5.71. The number of halogens is 2. The predicted molar refractivity (Wildman–Crippen MR) is 76.8 cm³/mol. The van der Waals surface area contributed by atoms with Gasteiger partial charge in [-0.1, -0.05) is 6.07 Å². The average molecular weight is 318 g/mol. The van der Waals surface area contributed by atoms with Gasteiger partial charge in [-0.25, -0.2) is 4.79 Å². The summed E-state index contributed by atoms with van der Waals surface area (Å²) in [5.74, 6) is -0.709. The molecule has 0 aliphatic rings. The molecule has 0 fully saturated rings. The van der Waals surface area contributed by atoms with E-state index in [0.717, 1.165) is 0 Å². The molecule has 0 radical (unpaired) electrons. The molecule has 0 aromatic carbocycles. The second-order valence-corrected chi connectivity index (χ2v) is 4.72. The summed E-state index contributed by atoms with van der Waals surface area (Å²) in [4.78, 5) is 22.2. The minimum atomic E-state index is -1.22. The van der Waals surface area contributed by atoms with Crippen molar-refractivity contribution in [2.75, 3.05) is 6.61 Å². The van der Waals surface area contributed by atoms with Crippen molar-refractivity contribution in [2.24, 2.45) is 0 Å². The first-order valence-electron chi connectivity index (χ1n) is 6.87. The summed E-state index contributed by atoms with van der Waals surface area (Å²) in [7, 11) is 0. The SMILES string of the molecule is CCOC(=O)c1c(C)c(-c2nc(F)nc(F)n2)c2ccccn12. The van der Waals surface area contributed by atoms with Gasteiger partial charge in [0, 0.05) is 11.8 Å². The fourth-order valence-corrected chi connectivity index (χ4v) is 2.50. The number of rotatable bonds is 3. The zero-order valence-corrected chi connectivity index (χ0v) is 12.4. The number of ether oxygens (including phenoxy) is 1. The van der Waals surface area contributed by atoms with Crippen molar-refractivity contribution in [3.05, 3.63) is 47.8 Å². The van der Waals surface area contributed by atoms with Gasteiger partial charge in [0.05, 0.1) is 12.1 Å². The van der Waals surface area contributed by atoms with Crippen LogP contribution in [0.5, 0.6) is 0 Å². The molecule has 3 aromatic heterocycles. The number of hydrogen-bond donors (Lipinski definition) is 0. The maximum atomic E-state index is 13.3. The molecule has 3 rings (SSSR count). The Labute approximate surface area is 129 Å². The Morgan fingerprint density at radius 2 is 1.91 bits per heavy atom. The molecule has 0 aliphatic carbocycles. The van der Waals surface area contributed by atoms with Crippen LogP contribution in [0.25, 0.3) is 16.9 Å². The van der Waals surface area contributed by atoms with Crippen LogP contribution < -0.4 is 0 Å². The molecule has 0 bridgehead atoms. The van der Waals surface area contributed by atoms with E-state index in [4.69, 9.17) is 4.74 Å². The van der Waals surface area contributed by atoms with Gasteiger partial charge in [-0.15, -0.1) is 0 Å². The van der Waals surface area contributed by atoms with E-state index in [-0.39, 0.29) is 18.1 Å². The van der Waals surface area contributed by atoms with Gasteiger partial charge in [-0.3, -0.25) is 0 Å². The first kappa shape index (κ1) is 15.0. The van der Waals surface area contributed by atoms with Gasteiger partial charge >= 0.3 is 18.1 Å². The van der Waals surface area contributed by atoms with E-state index < -0.39 is 18.1 Å². The van der Waals surface area contributed by atoms with E-state index in [0.29, 0.717) is 16.6 Å². The van der Waals surface area contributed by atoms with Crippen LogP contribution in [0.1, 0.15) is 23.0 Å². The van der Waals surface area contributed by atoms with E-state index in [1.54, 1.807) is 42.6 Å². The number of hydrogen-bond acceptors (Lipinski definition) is 5. The number of esters is 1. The lowest BCUT2D eigenvalue weighted by molar-refractivity contribution is 0.0517. The van der Waals surface area contributed by atoms with E-state index >= 15 is 0 Å². The summed E-state index contributed by atoms with van der Waals surface area (Å²) in [6.45, 7) is 3.55. The van der Waals surface area contributed by atoms with Crippen LogP contribution in [0.4, 0.5) is 8.78 Å². The van der Waals surface area contributed by atoms with Gasteiger partial charge in [-0.05, 0) is 31.5 Å². The fourth-order valence-electron chi connectivity index (χ4n) is 2.50. The molecule has 3 heterocycles. The highest BCUT2D eigenvalue weighted by Crippen LogP contribution is 2.31. The fraction of sp³-hybridized carbons (Fsp3) is 0.200. The zero-order chi connectivity index (χ0) is 16.6. The molecule has 0 atom stereocenters. The highest BCUT2D eigenvalue weighted by Gasteiger charge is 2.24. The van der Waals surface area contributed by atoms with E-state index in [1.807, 2.05) is 0 Å². The van der Waals surface area contributed by atoms with Crippen LogP contribution in [0.15, 0.2) is 24.4 Å². The molecule has 0 saturated carbocycles. The first-order chi connectivity index (χ1) is 11.0. The lowest BCUT2D eigenvalue weighted by atomic mass is 10.1. The maximum Gasteiger partial charge on any atom is 0.355 e. The van der Waals surface area contributed by atoms with Crippen molar-refractivity contribution in [1.82, 2.24) is 19.4 Å². The lowest BCUT2D eigenvalue weighted by Gasteiger charge is -2.03. The molecule has 0 saturated heterocycles. The van der Waals surface area contributed by atoms with Crippen molar-refractivity contribution in [3.63, 3.8) is 0 Å². The molecule has 23 heavy (non-hydrogen) atoms. The van der Waals surface area contributed by atoms with Crippen LogP contribution in [0.3, 0.4) is 0 Å². The van der Waals surface area contributed by atoms with Crippen molar-refractivity contribution >= 4 is 11.5 Å². The topological polar surface area (TPSA) is 69.4 Å². The molecule has 0 unspecified atom stereocenters. The van der Waals surface area contributed by atoms with Gasteiger partial charge in [-0.2, -0.15) is 23.7 Å². The monoisotopic (exact) mass is 318 g/mol. The number of nitrogens with zero attached hydrogens (tertiary/aromatic N) is 4. The number of carbonyl (C=O) groups is 1. The Balaban J connectivity index is 2.33. The molecule has 6 nitrogen and oxygen atoms in total. The number of fused-ring (bicyclic) bond motifs is 1. The standard InChI is InChI=1S/C15H12F2N4O2/c1-3-23-13(22)11-8(2)10(9-6-4-5-7-21(9)11)12-18-14(16)20-15(17)19-12/h4-7H,3H2,1-2H3. The molecular formula is C15H12F2N4O2. The largest absolute Gasteiger partial charge is 0.461 e. The van der Waals surface area contributed by atoms with Crippen LogP contribution in [-0.2, 0) is 4.74 Å². The normalized spacial score (nSPS) is 11.0. The van der Waals surface area contributed by atoms with Crippen molar-refractivity contribution in [3.8, 4) is 11.4 Å². The highest BCUT2D eigenvalue weighted by atomic mass is 19.1. The summed E-state index contributed by atoms with van der Waals surface area (Å²) in [6, 6.07) is 5.17. The summed E-state index contributed by atoms with van der Waals surface area (Å²) in [5.41, 5.74) is 1.63. The number of carbonyl (C=O) groups excluding carboxylic acids is 1. The Morgan fingerprint density at radius 1 is 1.22 bits per heavy atom. The van der Waals surface area contributed by atoms with Gasteiger partial charge in [0.15, 0.2) is 5.82 Å². The van der Waals surface area contributed by atoms with Crippen LogP contribution >= 0.6 is 0 Å². The number of pyridine rings is 1. The lowest BCUT2D eigenvalue weighted by Crippen LogP contribution is -2.09. The van der Waals surface area contributed by atoms with Crippen LogP contribution in [0.2, 0.25) is 0 Å². The van der Waals surface area contributed by atoms with Crippen molar-refractivity contribution < 1.29 is 18.3 Å². The van der Waals surface area contributed by atoms with E-state index in [1.165, 1.54) is 0 Å². The molecule has 8 heteroatoms. The summed E-state index contributed by atoms with van der Waals surface area (Å²) in [6.07, 6.45) is -0.786. The molecular weight excluding hydrogens is 306 g/mol. The first-order valence-corrected chi connectivity index (χ1v) is 6.87. The predicted octanol–water partition coefficient (Wildman–Crippen LogP) is 2.55. The third kappa shape index (κ3) is 2.52. The zero-order valence-electron chi connectivity index (χ0n) is 12.4.